The average molecular weight is 489 g/mol. The number of amides is 2. The molecule has 2 unspecified atom stereocenters. The fourth-order valence-electron chi connectivity index (χ4n) is 4.71. The predicted octanol–water partition coefficient (Wildman–Crippen LogP) is 3.19. The average Bonchev–Trinajstić information content (AvgIpc) is 3.08. The molecule has 0 bridgehead atoms. The van der Waals surface area contributed by atoms with Crippen molar-refractivity contribution in [3.05, 3.63) is 42.0 Å². The Balaban J connectivity index is 1.61. The van der Waals surface area contributed by atoms with Gasteiger partial charge in [-0.15, -0.1) is 0 Å². The molecule has 1 saturated carbocycles. The van der Waals surface area contributed by atoms with Gasteiger partial charge in [0.15, 0.2) is 11.5 Å². The van der Waals surface area contributed by atoms with Crippen LogP contribution in [0.1, 0.15) is 31.2 Å². The number of nitrogens with zero attached hydrogens (tertiary/aromatic N) is 1. The molecule has 2 amide bonds. The van der Waals surface area contributed by atoms with E-state index in [4.69, 9.17) is 14.2 Å². The molecule has 1 saturated heterocycles. The number of sulfonamides is 1. The van der Waals surface area contributed by atoms with Crippen molar-refractivity contribution in [1.29, 1.82) is 0 Å². The van der Waals surface area contributed by atoms with Crippen molar-refractivity contribution >= 4 is 27.5 Å². The second kappa shape index (κ2) is 9.54. The number of benzene rings is 2. The summed E-state index contributed by atoms with van der Waals surface area (Å²) >= 11 is 0. The molecule has 1 aliphatic heterocycles. The Morgan fingerprint density at radius 2 is 1.44 bits per heavy atom. The lowest BCUT2D eigenvalue weighted by Gasteiger charge is -2.19. The van der Waals surface area contributed by atoms with Crippen molar-refractivity contribution in [2.24, 2.45) is 11.8 Å². The first-order valence-electron chi connectivity index (χ1n) is 11.1. The lowest BCUT2D eigenvalue weighted by Crippen LogP contribution is -2.30. The summed E-state index contributed by atoms with van der Waals surface area (Å²) in [5.74, 6) is 0.131. The number of carbonyl (C=O) groups is 2. The normalized spacial score (nSPS) is 20.1. The van der Waals surface area contributed by atoms with Crippen molar-refractivity contribution < 1.29 is 32.2 Å². The van der Waals surface area contributed by atoms with Crippen LogP contribution in [-0.2, 0) is 26.2 Å². The number of imide groups is 1. The molecule has 34 heavy (non-hydrogen) atoms. The fourth-order valence-corrected chi connectivity index (χ4v) is 5.98. The lowest BCUT2D eigenvalue weighted by atomic mass is 9.81. The second-order valence-corrected chi connectivity index (χ2v) is 10.1. The molecule has 2 aromatic carbocycles. The number of hydrogen-bond donors (Lipinski definition) is 1. The minimum atomic E-state index is -4.06. The van der Waals surface area contributed by atoms with E-state index in [1.807, 2.05) is 0 Å². The first kappa shape index (κ1) is 23.9. The third-order valence-corrected chi connectivity index (χ3v) is 7.83. The molecule has 2 fully saturated rings. The smallest absolute Gasteiger partial charge is 0.265 e. The van der Waals surface area contributed by atoms with Crippen LogP contribution in [0.4, 0.5) is 5.69 Å². The quantitative estimate of drug-likeness (QED) is 0.568. The standard InChI is InChI=1S/C24H28N2O7S/c1-31-19-11-9-16(13-21(19)33-3)25-34(29,30)22-12-15(8-10-20(22)32-2)14-26-23(27)17-6-4-5-7-18(17)24(26)28/h8-13,17-18,25H,4-7,14H2,1-3H3. The summed E-state index contributed by atoms with van der Waals surface area (Å²) < 4.78 is 44.7. The number of ether oxygens (including phenoxy) is 3. The highest BCUT2D eigenvalue weighted by molar-refractivity contribution is 7.92. The van der Waals surface area contributed by atoms with Gasteiger partial charge in [-0.3, -0.25) is 19.2 Å². The summed E-state index contributed by atoms with van der Waals surface area (Å²) in [7, 11) is 0.260. The molecular weight excluding hydrogens is 460 g/mol. The number of nitrogens with one attached hydrogen (secondary N) is 1. The van der Waals surface area contributed by atoms with Crippen LogP contribution in [0.25, 0.3) is 0 Å². The molecule has 2 aliphatic rings. The topological polar surface area (TPSA) is 111 Å². The maximum Gasteiger partial charge on any atom is 0.265 e. The number of fused-ring (bicyclic) bond motifs is 1. The minimum Gasteiger partial charge on any atom is -0.495 e. The maximum absolute atomic E-state index is 13.2. The minimum absolute atomic E-state index is 0.0214. The van der Waals surface area contributed by atoms with Crippen LogP contribution in [0.15, 0.2) is 41.3 Å². The maximum atomic E-state index is 13.2. The number of likely N-dealkylation sites (tertiary alicyclic amines) is 1. The van der Waals surface area contributed by atoms with E-state index < -0.39 is 10.0 Å². The van der Waals surface area contributed by atoms with Crippen molar-refractivity contribution in [2.75, 3.05) is 26.1 Å². The number of anilines is 1. The summed E-state index contributed by atoms with van der Waals surface area (Å²) in [6, 6.07) is 9.28. The monoisotopic (exact) mass is 488 g/mol. The Hall–Kier alpha value is -3.27. The van der Waals surface area contributed by atoms with Gasteiger partial charge in [-0.2, -0.15) is 0 Å². The van der Waals surface area contributed by atoms with Crippen molar-refractivity contribution in [1.82, 2.24) is 4.90 Å². The summed E-state index contributed by atoms with van der Waals surface area (Å²) in [6.07, 6.45) is 3.34. The van der Waals surface area contributed by atoms with Crippen molar-refractivity contribution in [3.63, 3.8) is 0 Å². The van der Waals surface area contributed by atoms with Crippen LogP contribution >= 0.6 is 0 Å². The molecule has 1 N–H and O–H groups in total. The molecule has 0 aromatic heterocycles. The van der Waals surface area contributed by atoms with E-state index in [0.29, 0.717) is 17.1 Å². The first-order valence-corrected chi connectivity index (χ1v) is 12.5. The van der Waals surface area contributed by atoms with E-state index in [1.54, 1.807) is 18.2 Å². The Labute approximate surface area is 199 Å². The van der Waals surface area contributed by atoms with Crippen LogP contribution in [0.3, 0.4) is 0 Å². The van der Waals surface area contributed by atoms with Crippen molar-refractivity contribution in [2.45, 2.75) is 37.1 Å². The Morgan fingerprint density at radius 1 is 0.853 bits per heavy atom. The molecule has 0 spiro atoms. The van der Waals surface area contributed by atoms with Crippen LogP contribution in [-0.4, -0.2) is 46.5 Å². The van der Waals surface area contributed by atoms with Gasteiger partial charge in [-0.1, -0.05) is 18.9 Å². The molecule has 9 nitrogen and oxygen atoms in total. The van der Waals surface area contributed by atoms with E-state index in [9.17, 15) is 18.0 Å². The zero-order chi connectivity index (χ0) is 24.5. The molecule has 1 aliphatic carbocycles. The highest BCUT2D eigenvalue weighted by Crippen LogP contribution is 2.39. The van der Waals surface area contributed by atoms with Crippen LogP contribution in [0.5, 0.6) is 17.2 Å². The van der Waals surface area contributed by atoms with Gasteiger partial charge < -0.3 is 14.2 Å². The molecule has 2 atom stereocenters. The van der Waals surface area contributed by atoms with E-state index in [1.165, 1.54) is 44.4 Å². The van der Waals surface area contributed by atoms with E-state index >= 15 is 0 Å². The Kier molecular flexibility index (Phi) is 6.70. The molecule has 1 heterocycles. The zero-order valence-electron chi connectivity index (χ0n) is 19.4. The van der Waals surface area contributed by atoms with Gasteiger partial charge in [0.2, 0.25) is 11.8 Å². The number of hydrogen-bond acceptors (Lipinski definition) is 7. The fraction of sp³-hybridized carbons (Fsp3) is 0.417. The first-order chi connectivity index (χ1) is 16.3. The highest BCUT2D eigenvalue weighted by atomic mass is 32.2. The molecule has 10 heteroatoms. The van der Waals surface area contributed by atoms with Gasteiger partial charge in [0.25, 0.3) is 10.0 Å². The predicted molar refractivity (Wildman–Crippen MR) is 124 cm³/mol. The summed E-state index contributed by atoms with van der Waals surface area (Å²) in [5, 5.41) is 0. The number of methoxy groups -OCH3 is 3. The van der Waals surface area contributed by atoms with E-state index in [0.717, 1.165) is 25.7 Å². The van der Waals surface area contributed by atoms with Crippen molar-refractivity contribution in [3.8, 4) is 17.2 Å². The SMILES string of the molecule is COc1ccc(NS(=O)(=O)c2cc(CN3C(=O)C4CCCCC4C3=O)ccc2OC)cc1OC. The molecular formula is C24H28N2O7S. The van der Waals surface area contributed by atoms with Gasteiger partial charge in [0.1, 0.15) is 10.6 Å². The van der Waals surface area contributed by atoms with Crippen LogP contribution in [0, 0.1) is 11.8 Å². The van der Waals surface area contributed by atoms with Gasteiger partial charge in [0, 0.05) is 6.07 Å². The van der Waals surface area contributed by atoms with Crippen LogP contribution in [0.2, 0.25) is 0 Å². The van der Waals surface area contributed by atoms with Gasteiger partial charge in [-0.05, 0) is 42.7 Å². The van der Waals surface area contributed by atoms with Gasteiger partial charge in [0.05, 0.1) is 45.4 Å². The largest absolute Gasteiger partial charge is 0.495 e. The molecule has 2 aromatic rings. The Morgan fingerprint density at radius 3 is 2.03 bits per heavy atom. The van der Waals surface area contributed by atoms with E-state index in [-0.39, 0.29) is 46.5 Å². The molecule has 182 valence electrons. The third-order valence-electron chi connectivity index (χ3n) is 6.43. The zero-order valence-corrected chi connectivity index (χ0v) is 20.2. The number of rotatable bonds is 8. The lowest BCUT2D eigenvalue weighted by molar-refractivity contribution is -0.140. The highest BCUT2D eigenvalue weighted by Gasteiger charge is 2.47. The van der Waals surface area contributed by atoms with Gasteiger partial charge in [-0.25, -0.2) is 8.42 Å². The molecule has 4 rings (SSSR count). The summed E-state index contributed by atoms with van der Waals surface area (Å²) in [6.45, 7) is 0.0214. The summed E-state index contributed by atoms with van der Waals surface area (Å²) in [5.41, 5.74) is 0.799. The number of carbonyl (C=O) groups excluding carboxylic acids is 2. The molecule has 0 radical (unpaired) electrons. The van der Waals surface area contributed by atoms with Gasteiger partial charge >= 0.3 is 0 Å². The van der Waals surface area contributed by atoms with E-state index in [2.05, 4.69) is 4.72 Å². The Bertz CT molecular complexity index is 1190. The summed E-state index contributed by atoms with van der Waals surface area (Å²) in [4.78, 5) is 26.8. The second-order valence-electron chi connectivity index (χ2n) is 8.42. The van der Waals surface area contributed by atoms with Crippen LogP contribution < -0.4 is 18.9 Å². The third kappa shape index (κ3) is 4.42.